The topological polar surface area (TPSA) is 29.3 Å². The number of hydrogen-bond donors (Lipinski definition) is 1. The maximum absolute atomic E-state index is 6.08. The number of halogens is 1. The van der Waals surface area contributed by atoms with E-state index in [1.54, 1.807) is 0 Å². The highest BCUT2D eigenvalue weighted by Gasteiger charge is 2.30. The molecule has 1 aliphatic heterocycles. The Morgan fingerprint density at radius 1 is 1.50 bits per heavy atom. The van der Waals surface area contributed by atoms with Crippen LogP contribution in [0.1, 0.15) is 38.3 Å². The summed E-state index contributed by atoms with van der Waals surface area (Å²) in [6.07, 6.45) is 2.56. The molecule has 3 heteroatoms. The highest BCUT2D eigenvalue weighted by Crippen LogP contribution is 2.31. The second-order valence-electron chi connectivity index (χ2n) is 5.39. The molecule has 2 rings (SSSR count). The van der Waals surface area contributed by atoms with E-state index in [0.717, 1.165) is 18.1 Å². The molecule has 3 unspecified atom stereocenters. The van der Waals surface area contributed by atoms with Crippen LogP contribution < -0.4 is 5.73 Å². The summed E-state index contributed by atoms with van der Waals surface area (Å²) in [6, 6.07) is 9.06. The fraction of sp³-hybridized carbons (Fsp3) is 0.600. The van der Waals surface area contributed by atoms with Crippen molar-refractivity contribution in [2.75, 3.05) is 13.1 Å². The Balaban J connectivity index is 2.18. The first kappa shape index (κ1) is 13.9. The summed E-state index contributed by atoms with van der Waals surface area (Å²) < 4.78 is 0. The van der Waals surface area contributed by atoms with Crippen molar-refractivity contribution in [1.29, 1.82) is 0 Å². The van der Waals surface area contributed by atoms with Crippen LogP contribution in [0.2, 0.25) is 5.02 Å². The third-order valence-electron chi connectivity index (χ3n) is 4.23. The maximum atomic E-state index is 6.08. The minimum Gasteiger partial charge on any atom is -0.329 e. The zero-order valence-electron chi connectivity index (χ0n) is 11.3. The van der Waals surface area contributed by atoms with Gasteiger partial charge in [0.15, 0.2) is 0 Å². The van der Waals surface area contributed by atoms with Gasteiger partial charge in [-0.15, -0.1) is 0 Å². The Hall–Kier alpha value is -0.570. The lowest BCUT2D eigenvalue weighted by Crippen LogP contribution is -2.49. The number of likely N-dealkylation sites (tertiary alicyclic amines) is 1. The van der Waals surface area contributed by atoms with Gasteiger partial charge in [-0.3, -0.25) is 4.90 Å². The molecular weight excluding hydrogens is 244 g/mol. The van der Waals surface area contributed by atoms with E-state index in [4.69, 9.17) is 17.3 Å². The molecular formula is C15H23ClN2. The molecule has 2 nitrogen and oxygen atoms in total. The molecule has 1 aliphatic rings. The van der Waals surface area contributed by atoms with Crippen LogP contribution in [-0.4, -0.2) is 24.0 Å². The van der Waals surface area contributed by atoms with Crippen molar-refractivity contribution in [3.05, 3.63) is 34.9 Å². The Labute approximate surface area is 115 Å². The van der Waals surface area contributed by atoms with Crippen molar-refractivity contribution < 1.29 is 0 Å². The molecule has 1 heterocycles. The van der Waals surface area contributed by atoms with Crippen molar-refractivity contribution in [1.82, 2.24) is 4.90 Å². The predicted octanol–water partition coefficient (Wildman–Crippen LogP) is 3.46. The van der Waals surface area contributed by atoms with Gasteiger partial charge in [-0.2, -0.15) is 0 Å². The van der Waals surface area contributed by atoms with Crippen LogP contribution in [-0.2, 0) is 0 Å². The van der Waals surface area contributed by atoms with Gasteiger partial charge in [0.25, 0.3) is 0 Å². The lowest BCUT2D eigenvalue weighted by atomic mass is 9.88. The molecule has 3 atom stereocenters. The van der Waals surface area contributed by atoms with Gasteiger partial charge in [0.05, 0.1) is 0 Å². The van der Waals surface area contributed by atoms with Crippen LogP contribution in [0.5, 0.6) is 0 Å². The largest absolute Gasteiger partial charge is 0.329 e. The average Bonchev–Trinajstić information content (AvgIpc) is 2.37. The molecule has 1 aromatic carbocycles. The maximum Gasteiger partial charge on any atom is 0.0409 e. The summed E-state index contributed by atoms with van der Waals surface area (Å²) in [5.41, 5.74) is 7.25. The van der Waals surface area contributed by atoms with Crippen molar-refractivity contribution in [3.63, 3.8) is 0 Å². The molecule has 100 valence electrons. The molecule has 2 N–H and O–H groups in total. The van der Waals surface area contributed by atoms with Crippen LogP contribution in [0, 0.1) is 5.92 Å². The Bertz CT molecular complexity index is 394. The monoisotopic (exact) mass is 266 g/mol. The van der Waals surface area contributed by atoms with Crippen molar-refractivity contribution in [3.8, 4) is 0 Å². The Morgan fingerprint density at radius 3 is 2.94 bits per heavy atom. The summed E-state index contributed by atoms with van der Waals surface area (Å²) in [5.74, 6) is 0.686. The second kappa shape index (κ2) is 6.05. The zero-order valence-corrected chi connectivity index (χ0v) is 12.0. The molecule has 0 saturated carbocycles. The molecule has 0 amide bonds. The minimum atomic E-state index is 0.389. The number of nitrogens with two attached hydrogens (primary N) is 1. The molecule has 0 spiro atoms. The van der Waals surface area contributed by atoms with E-state index in [2.05, 4.69) is 30.9 Å². The van der Waals surface area contributed by atoms with Crippen LogP contribution in [0.3, 0.4) is 0 Å². The summed E-state index contributed by atoms with van der Waals surface area (Å²) in [4.78, 5) is 2.54. The quantitative estimate of drug-likeness (QED) is 0.908. The molecule has 0 aromatic heterocycles. The molecule has 0 radical (unpaired) electrons. The fourth-order valence-corrected chi connectivity index (χ4v) is 3.29. The van der Waals surface area contributed by atoms with Gasteiger partial charge in [-0.25, -0.2) is 0 Å². The fourth-order valence-electron chi connectivity index (χ4n) is 3.09. The van der Waals surface area contributed by atoms with Gasteiger partial charge >= 0.3 is 0 Å². The van der Waals surface area contributed by atoms with Crippen LogP contribution >= 0.6 is 11.6 Å². The second-order valence-corrected chi connectivity index (χ2v) is 5.83. The number of nitrogens with zero attached hydrogens (tertiary/aromatic N) is 1. The first-order chi connectivity index (χ1) is 8.63. The molecule has 0 aliphatic carbocycles. The first-order valence-corrected chi connectivity index (χ1v) is 7.22. The lowest BCUT2D eigenvalue weighted by Gasteiger charge is -2.43. The van der Waals surface area contributed by atoms with Crippen LogP contribution in [0.25, 0.3) is 0 Å². The van der Waals surface area contributed by atoms with Crippen LogP contribution in [0.4, 0.5) is 0 Å². The number of rotatable bonds is 3. The lowest BCUT2D eigenvalue weighted by molar-refractivity contribution is 0.0690. The van der Waals surface area contributed by atoms with Gasteiger partial charge in [0.1, 0.15) is 0 Å². The summed E-state index contributed by atoms with van der Waals surface area (Å²) in [6.45, 7) is 6.45. The molecule has 0 bridgehead atoms. The summed E-state index contributed by atoms with van der Waals surface area (Å²) in [5, 5.41) is 0.814. The van der Waals surface area contributed by atoms with E-state index >= 15 is 0 Å². The van der Waals surface area contributed by atoms with E-state index in [-0.39, 0.29) is 0 Å². The van der Waals surface area contributed by atoms with E-state index in [1.807, 2.05) is 12.1 Å². The molecule has 18 heavy (non-hydrogen) atoms. The normalized spacial score (nSPS) is 27.1. The van der Waals surface area contributed by atoms with E-state index in [1.165, 1.54) is 18.4 Å². The number of piperidine rings is 1. The number of hydrogen-bond acceptors (Lipinski definition) is 2. The van der Waals surface area contributed by atoms with Gasteiger partial charge in [-0.05, 0) is 49.9 Å². The Morgan fingerprint density at radius 2 is 2.28 bits per heavy atom. The molecule has 1 aromatic rings. The standard InChI is InChI=1S/C15H23ClN2/c1-11-5-4-8-18(15(11)10-17)12(2)13-6-3-7-14(16)9-13/h3,6-7,9,11-12,15H,4-5,8,10,17H2,1-2H3. The summed E-state index contributed by atoms with van der Waals surface area (Å²) >= 11 is 6.08. The van der Waals surface area contributed by atoms with Gasteiger partial charge in [0.2, 0.25) is 0 Å². The van der Waals surface area contributed by atoms with Crippen molar-refractivity contribution >= 4 is 11.6 Å². The third-order valence-corrected chi connectivity index (χ3v) is 4.46. The predicted molar refractivity (Wildman–Crippen MR) is 77.8 cm³/mol. The van der Waals surface area contributed by atoms with Gasteiger partial charge < -0.3 is 5.73 Å². The van der Waals surface area contributed by atoms with E-state index in [9.17, 15) is 0 Å². The Kier molecular flexibility index (Phi) is 4.66. The highest BCUT2D eigenvalue weighted by molar-refractivity contribution is 6.30. The van der Waals surface area contributed by atoms with Crippen LogP contribution in [0.15, 0.2) is 24.3 Å². The average molecular weight is 267 g/mol. The molecule has 1 fully saturated rings. The first-order valence-electron chi connectivity index (χ1n) is 6.84. The highest BCUT2D eigenvalue weighted by atomic mass is 35.5. The third kappa shape index (κ3) is 2.87. The minimum absolute atomic E-state index is 0.389. The zero-order chi connectivity index (χ0) is 13.1. The van der Waals surface area contributed by atoms with E-state index < -0.39 is 0 Å². The van der Waals surface area contributed by atoms with E-state index in [0.29, 0.717) is 18.0 Å². The SMILES string of the molecule is CC1CCCN(C(C)c2cccc(Cl)c2)C1CN. The smallest absolute Gasteiger partial charge is 0.0409 e. The van der Waals surface area contributed by atoms with Crippen molar-refractivity contribution in [2.45, 2.75) is 38.8 Å². The van der Waals surface area contributed by atoms with Crippen molar-refractivity contribution in [2.24, 2.45) is 11.7 Å². The number of benzene rings is 1. The van der Waals surface area contributed by atoms with Gasteiger partial charge in [0, 0.05) is 23.7 Å². The molecule has 1 saturated heterocycles. The van der Waals surface area contributed by atoms with Gasteiger partial charge in [-0.1, -0.05) is 30.7 Å². The summed E-state index contributed by atoms with van der Waals surface area (Å²) in [7, 11) is 0.